The Labute approximate surface area is 119 Å². The second-order valence-corrected chi connectivity index (χ2v) is 6.02. The van der Waals surface area contributed by atoms with Gasteiger partial charge in [-0.2, -0.15) is 0 Å². The van der Waals surface area contributed by atoms with Crippen molar-refractivity contribution in [2.45, 2.75) is 27.3 Å². The van der Waals surface area contributed by atoms with Gasteiger partial charge in [-0.25, -0.2) is 0 Å². The highest BCUT2D eigenvalue weighted by Gasteiger charge is 2.07. The molecule has 0 bridgehead atoms. The number of halogens is 1. The number of nitrogens with one attached hydrogen (secondary N) is 1. The predicted molar refractivity (Wildman–Crippen MR) is 81.3 cm³/mol. The average Bonchev–Trinajstić information content (AvgIpc) is 2.27. The second-order valence-electron chi connectivity index (χ2n) is 4.89. The first-order chi connectivity index (χ1) is 8.50. The van der Waals surface area contributed by atoms with Gasteiger partial charge in [0.05, 0.1) is 0 Å². The summed E-state index contributed by atoms with van der Waals surface area (Å²) in [4.78, 5) is 0. The normalized spacial score (nSPS) is 10.7. The van der Waals surface area contributed by atoms with E-state index in [2.05, 4.69) is 66.8 Å². The molecule has 0 aromatic heterocycles. The highest BCUT2D eigenvalue weighted by molar-refractivity contribution is 9.11. The molecule has 0 saturated heterocycles. The maximum atomic E-state index is 5.80. The number of aryl methyl sites for hydroxylation is 1. The Morgan fingerprint density at radius 1 is 1.44 bits per heavy atom. The molecule has 0 aliphatic carbocycles. The van der Waals surface area contributed by atoms with E-state index in [1.807, 2.05) is 0 Å². The van der Waals surface area contributed by atoms with Gasteiger partial charge in [-0.3, -0.25) is 0 Å². The SMILES string of the molecule is C=C(Br)COc1c(C)cccc1CNCC(C)C. The van der Waals surface area contributed by atoms with Crippen LogP contribution >= 0.6 is 15.9 Å². The fourth-order valence-electron chi connectivity index (χ4n) is 1.70. The third-order valence-corrected chi connectivity index (χ3v) is 2.76. The van der Waals surface area contributed by atoms with Crippen LogP contribution in [0.15, 0.2) is 29.3 Å². The molecule has 18 heavy (non-hydrogen) atoms. The van der Waals surface area contributed by atoms with E-state index in [0.717, 1.165) is 28.9 Å². The van der Waals surface area contributed by atoms with Crippen LogP contribution in [0.1, 0.15) is 25.0 Å². The molecule has 2 nitrogen and oxygen atoms in total. The van der Waals surface area contributed by atoms with Crippen LogP contribution in [0.3, 0.4) is 0 Å². The number of ether oxygens (including phenoxy) is 1. The minimum Gasteiger partial charge on any atom is -0.488 e. The van der Waals surface area contributed by atoms with Crippen molar-refractivity contribution in [2.75, 3.05) is 13.2 Å². The van der Waals surface area contributed by atoms with Crippen molar-refractivity contribution in [2.24, 2.45) is 5.92 Å². The molecule has 0 fully saturated rings. The first-order valence-electron chi connectivity index (χ1n) is 6.26. The molecule has 1 N–H and O–H groups in total. The molecule has 0 aliphatic rings. The van der Waals surface area contributed by atoms with Gasteiger partial charge in [-0.05, 0) is 24.9 Å². The fourth-order valence-corrected chi connectivity index (χ4v) is 1.82. The first-order valence-corrected chi connectivity index (χ1v) is 7.05. The minimum atomic E-state index is 0.502. The summed E-state index contributed by atoms with van der Waals surface area (Å²) in [5, 5.41) is 3.44. The van der Waals surface area contributed by atoms with Crippen LogP contribution < -0.4 is 10.1 Å². The van der Waals surface area contributed by atoms with Crippen LogP contribution in [0.25, 0.3) is 0 Å². The van der Waals surface area contributed by atoms with Crippen molar-refractivity contribution in [3.63, 3.8) is 0 Å². The first kappa shape index (κ1) is 15.3. The van der Waals surface area contributed by atoms with Crippen molar-refractivity contribution < 1.29 is 4.74 Å². The Balaban J connectivity index is 2.70. The topological polar surface area (TPSA) is 21.3 Å². The van der Waals surface area contributed by atoms with Crippen molar-refractivity contribution in [1.82, 2.24) is 5.32 Å². The van der Waals surface area contributed by atoms with Gasteiger partial charge in [0.2, 0.25) is 0 Å². The molecular formula is C15H22BrNO. The minimum absolute atomic E-state index is 0.502. The van der Waals surface area contributed by atoms with E-state index in [4.69, 9.17) is 4.74 Å². The molecule has 1 aromatic carbocycles. The average molecular weight is 312 g/mol. The number of para-hydroxylation sites is 1. The molecular weight excluding hydrogens is 290 g/mol. The van der Waals surface area contributed by atoms with Crippen LogP contribution in [0.5, 0.6) is 5.75 Å². The highest BCUT2D eigenvalue weighted by atomic mass is 79.9. The maximum Gasteiger partial charge on any atom is 0.127 e. The van der Waals surface area contributed by atoms with Crippen LogP contribution in [0, 0.1) is 12.8 Å². The predicted octanol–water partition coefficient (Wildman–Crippen LogP) is 4.03. The third kappa shape index (κ3) is 5.23. The molecule has 0 atom stereocenters. The molecule has 1 rings (SSSR count). The van der Waals surface area contributed by atoms with E-state index >= 15 is 0 Å². The lowest BCUT2D eigenvalue weighted by atomic mass is 10.1. The third-order valence-electron chi connectivity index (χ3n) is 2.53. The van der Waals surface area contributed by atoms with E-state index < -0.39 is 0 Å². The van der Waals surface area contributed by atoms with Gasteiger partial charge in [0.15, 0.2) is 0 Å². The molecule has 0 radical (unpaired) electrons. The van der Waals surface area contributed by atoms with Crippen molar-refractivity contribution in [3.05, 3.63) is 40.4 Å². The lowest BCUT2D eigenvalue weighted by Gasteiger charge is -2.15. The zero-order valence-electron chi connectivity index (χ0n) is 11.4. The zero-order valence-corrected chi connectivity index (χ0v) is 13.0. The van der Waals surface area contributed by atoms with Gasteiger partial charge in [0.1, 0.15) is 12.4 Å². The van der Waals surface area contributed by atoms with Gasteiger partial charge in [-0.15, -0.1) is 0 Å². The van der Waals surface area contributed by atoms with Gasteiger partial charge < -0.3 is 10.1 Å². The Morgan fingerprint density at radius 3 is 2.78 bits per heavy atom. The van der Waals surface area contributed by atoms with E-state index in [1.54, 1.807) is 0 Å². The Hall–Kier alpha value is -0.800. The maximum absolute atomic E-state index is 5.80. The van der Waals surface area contributed by atoms with Crippen molar-refractivity contribution >= 4 is 15.9 Å². The summed E-state index contributed by atoms with van der Waals surface area (Å²) in [5.41, 5.74) is 2.36. The smallest absolute Gasteiger partial charge is 0.127 e. The summed E-state index contributed by atoms with van der Waals surface area (Å²) in [7, 11) is 0. The summed E-state index contributed by atoms with van der Waals surface area (Å²) in [6, 6.07) is 6.24. The largest absolute Gasteiger partial charge is 0.488 e. The Bertz CT molecular complexity index is 401. The second kappa shape index (κ2) is 7.59. The molecule has 1 aromatic rings. The standard InChI is InChI=1S/C15H22BrNO/c1-11(2)8-17-9-14-7-5-6-12(3)15(14)18-10-13(4)16/h5-7,11,17H,4,8-10H2,1-3H3. The molecule has 0 saturated carbocycles. The molecule has 3 heteroatoms. The Kier molecular flexibility index (Phi) is 6.44. The summed E-state index contributed by atoms with van der Waals surface area (Å²) in [6.45, 7) is 12.6. The van der Waals surface area contributed by atoms with Crippen LogP contribution in [-0.4, -0.2) is 13.2 Å². The van der Waals surface area contributed by atoms with Crippen LogP contribution in [0.2, 0.25) is 0 Å². The summed E-state index contributed by atoms with van der Waals surface area (Å²) in [6.07, 6.45) is 0. The molecule has 0 unspecified atom stereocenters. The lowest BCUT2D eigenvalue weighted by molar-refractivity contribution is 0.352. The summed E-state index contributed by atoms with van der Waals surface area (Å²) >= 11 is 3.32. The number of hydrogen-bond donors (Lipinski definition) is 1. The molecule has 0 aliphatic heterocycles. The monoisotopic (exact) mass is 311 g/mol. The number of hydrogen-bond acceptors (Lipinski definition) is 2. The van der Waals surface area contributed by atoms with Crippen molar-refractivity contribution in [3.8, 4) is 5.75 Å². The molecule has 0 amide bonds. The van der Waals surface area contributed by atoms with Crippen LogP contribution in [-0.2, 0) is 6.54 Å². The number of rotatable bonds is 7. The van der Waals surface area contributed by atoms with E-state index in [1.165, 1.54) is 5.56 Å². The van der Waals surface area contributed by atoms with E-state index in [0.29, 0.717) is 12.5 Å². The van der Waals surface area contributed by atoms with Crippen molar-refractivity contribution in [1.29, 1.82) is 0 Å². The van der Waals surface area contributed by atoms with Gasteiger partial charge in [0, 0.05) is 16.6 Å². The molecule has 0 heterocycles. The van der Waals surface area contributed by atoms with Gasteiger partial charge >= 0.3 is 0 Å². The fraction of sp³-hybridized carbons (Fsp3) is 0.467. The van der Waals surface area contributed by atoms with Gasteiger partial charge in [0.25, 0.3) is 0 Å². The zero-order chi connectivity index (χ0) is 13.5. The lowest BCUT2D eigenvalue weighted by Crippen LogP contribution is -2.19. The highest BCUT2D eigenvalue weighted by Crippen LogP contribution is 2.24. The van der Waals surface area contributed by atoms with E-state index in [-0.39, 0.29) is 0 Å². The van der Waals surface area contributed by atoms with Gasteiger partial charge in [-0.1, -0.05) is 54.6 Å². The Morgan fingerprint density at radius 2 is 2.17 bits per heavy atom. The summed E-state index contributed by atoms with van der Waals surface area (Å²) < 4.78 is 6.65. The van der Waals surface area contributed by atoms with Crippen LogP contribution in [0.4, 0.5) is 0 Å². The summed E-state index contributed by atoms with van der Waals surface area (Å²) in [5.74, 6) is 1.62. The quantitative estimate of drug-likeness (QED) is 0.821. The number of benzene rings is 1. The molecule has 0 spiro atoms. The van der Waals surface area contributed by atoms with E-state index in [9.17, 15) is 0 Å². The molecule has 100 valence electrons.